The van der Waals surface area contributed by atoms with Gasteiger partial charge >= 0.3 is 5.97 Å². The first-order valence-electron chi connectivity index (χ1n) is 7.85. The van der Waals surface area contributed by atoms with E-state index in [0.717, 1.165) is 5.56 Å². The van der Waals surface area contributed by atoms with Crippen LogP contribution in [0.2, 0.25) is 0 Å². The zero-order valence-corrected chi connectivity index (χ0v) is 13.4. The third kappa shape index (κ3) is 7.99. The minimum absolute atomic E-state index is 0.0151. The lowest BCUT2D eigenvalue weighted by molar-refractivity contribution is -0.137. The molecule has 0 saturated carbocycles. The molecule has 0 fully saturated rings. The lowest BCUT2D eigenvalue weighted by Gasteiger charge is -2.18. The molecule has 23 heavy (non-hydrogen) atoms. The van der Waals surface area contributed by atoms with Crippen molar-refractivity contribution in [1.29, 1.82) is 0 Å². The fourth-order valence-corrected chi connectivity index (χ4v) is 2.24. The number of benzene rings is 1. The van der Waals surface area contributed by atoms with Crippen LogP contribution in [0.25, 0.3) is 0 Å². The van der Waals surface area contributed by atoms with Crippen LogP contribution in [-0.4, -0.2) is 29.4 Å². The van der Waals surface area contributed by atoms with Crippen LogP contribution in [-0.2, 0) is 14.4 Å². The van der Waals surface area contributed by atoms with Gasteiger partial charge in [0.05, 0.1) is 6.04 Å². The number of hydrogen-bond donors (Lipinski definition) is 3. The SMILES string of the molecule is CCNC(=O)CCCC(=O)NC(CCC(=O)O)c1ccccc1. The minimum Gasteiger partial charge on any atom is -0.481 e. The normalized spacial score (nSPS) is 11.5. The summed E-state index contributed by atoms with van der Waals surface area (Å²) in [4.78, 5) is 34.1. The van der Waals surface area contributed by atoms with E-state index in [2.05, 4.69) is 10.6 Å². The molecule has 0 aliphatic carbocycles. The predicted octanol–water partition coefficient (Wildman–Crippen LogP) is 2.02. The highest BCUT2D eigenvalue weighted by Crippen LogP contribution is 2.18. The van der Waals surface area contributed by atoms with Gasteiger partial charge in [-0.3, -0.25) is 14.4 Å². The molecule has 2 amide bonds. The van der Waals surface area contributed by atoms with E-state index in [1.165, 1.54) is 0 Å². The molecule has 0 heterocycles. The Morgan fingerprint density at radius 3 is 2.30 bits per heavy atom. The van der Waals surface area contributed by atoms with Gasteiger partial charge in [-0.2, -0.15) is 0 Å². The van der Waals surface area contributed by atoms with Gasteiger partial charge in [0.25, 0.3) is 0 Å². The second-order valence-corrected chi connectivity index (χ2v) is 5.27. The molecule has 126 valence electrons. The third-order valence-electron chi connectivity index (χ3n) is 3.37. The topological polar surface area (TPSA) is 95.5 Å². The van der Waals surface area contributed by atoms with Crippen LogP contribution in [0.4, 0.5) is 0 Å². The Labute approximate surface area is 136 Å². The summed E-state index contributed by atoms with van der Waals surface area (Å²) in [6.07, 6.45) is 1.35. The number of aliphatic carboxylic acids is 1. The second kappa shape index (κ2) is 10.4. The fourth-order valence-electron chi connectivity index (χ4n) is 2.24. The summed E-state index contributed by atoms with van der Waals surface area (Å²) in [5.74, 6) is -1.13. The molecule has 0 aliphatic rings. The first-order chi connectivity index (χ1) is 11.0. The highest BCUT2D eigenvalue weighted by atomic mass is 16.4. The van der Waals surface area contributed by atoms with E-state index in [-0.39, 0.29) is 30.7 Å². The number of hydrogen-bond acceptors (Lipinski definition) is 3. The van der Waals surface area contributed by atoms with Crippen LogP contribution in [0.15, 0.2) is 30.3 Å². The number of carbonyl (C=O) groups is 3. The van der Waals surface area contributed by atoms with Gasteiger partial charge < -0.3 is 15.7 Å². The van der Waals surface area contributed by atoms with Gasteiger partial charge in [0.15, 0.2) is 0 Å². The van der Waals surface area contributed by atoms with Crippen LogP contribution in [0.5, 0.6) is 0 Å². The van der Waals surface area contributed by atoms with Gasteiger partial charge in [-0.1, -0.05) is 30.3 Å². The lowest BCUT2D eigenvalue weighted by Crippen LogP contribution is -2.29. The van der Waals surface area contributed by atoms with E-state index in [1.807, 2.05) is 37.3 Å². The van der Waals surface area contributed by atoms with Crippen molar-refractivity contribution in [3.05, 3.63) is 35.9 Å². The Morgan fingerprint density at radius 1 is 1.04 bits per heavy atom. The summed E-state index contributed by atoms with van der Waals surface area (Å²) >= 11 is 0. The smallest absolute Gasteiger partial charge is 0.303 e. The standard InChI is InChI=1S/C17H24N2O4/c1-2-18-15(20)9-6-10-16(21)19-14(11-12-17(22)23)13-7-4-3-5-8-13/h3-5,7-8,14H,2,6,9-12H2,1H3,(H,18,20)(H,19,21)(H,22,23). The van der Waals surface area contributed by atoms with Gasteiger partial charge in [0.1, 0.15) is 0 Å². The Hall–Kier alpha value is -2.37. The molecule has 1 aromatic rings. The molecule has 3 N–H and O–H groups in total. The van der Waals surface area contributed by atoms with Crippen molar-refractivity contribution in [2.24, 2.45) is 0 Å². The number of nitrogens with one attached hydrogen (secondary N) is 2. The molecule has 1 atom stereocenters. The maximum absolute atomic E-state index is 12.0. The number of rotatable bonds is 10. The second-order valence-electron chi connectivity index (χ2n) is 5.27. The summed E-state index contributed by atoms with van der Waals surface area (Å²) < 4.78 is 0. The summed E-state index contributed by atoms with van der Waals surface area (Å²) in [5.41, 5.74) is 0.880. The molecule has 1 rings (SSSR count). The first-order valence-corrected chi connectivity index (χ1v) is 7.85. The van der Waals surface area contributed by atoms with Crippen molar-refractivity contribution < 1.29 is 19.5 Å². The average Bonchev–Trinajstić information content (AvgIpc) is 2.52. The van der Waals surface area contributed by atoms with Gasteiger partial charge in [0.2, 0.25) is 11.8 Å². The number of carboxylic acid groups (broad SMARTS) is 1. The molecule has 1 aromatic carbocycles. The molecule has 1 unspecified atom stereocenters. The third-order valence-corrected chi connectivity index (χ3v) is 3.37. The predicted molar refractivity (Wildman–Crippen MR) is 86.7 cm³/mol. The largest absolute Gasteiger partial charge is 0.481 e. The highest BCUT2D eigenvalue weighted by Gasteiger charge is 2.16. The van der Waals surface area contributed by atoms with Gasteiger partial charge in [-0.05, 0) is 25.3 Å². The Balaban J connectivity index is 2.50. The summed E-state index contributed by atoms with van der Waals surface area (Å²) in [7, 11) is 0. The van der Waals surface area contributed by atoms with Crippen LogP contribution < -0.4 is 10.6 Å². The average molecular weight is 320 g/mol. The molecular weight excluding hydrogens is 296 g/mol. The van der Waals surface area contributed by atoms with Gasteiger partial charge in [-0.25, -0.2) is 0 Å². The molecule has 0 saturated heterocycles. The first kappa shape index (κ1) is 18.7. The summed E-state index contributed by atoms with van der Waals surface area (Å²) in [6.45, 7) is 2.42. The fraction of sp³-hybridized carbons (Fsp3) is 0.471. The van der Waals surface area contributed by atoms with Crippen LogP contribution in [0.1, 0.15) is 50.6 Å². The molecule has 0 aliphatic heterocycles. The van der Waals surface area contributed by atoms with Crippen LogP contribution in [0.3, 0.4) is 0 Å². The number of carboxylic acids is 1. The van der Waals surface area contributed by atoms with Crippen molar-refractivity contribution in [3.63, 3.8) is 0 Å². The van der Waals surface area contributed by atoms with Crippen molar-refractivity contribution in [1.82, 2.24) is 10.6 Å². The quantitative estimate of drug-likeness (QED) is 0.614. The number of carbonyl (C=O) groups excluding carboxylic acids is 2. The maximum atomic E-state index is 12.0. The monoisotopic (exact) mass is 320 g/mol. The molecule has 0 radical (unpaired) electrons. The van der Waals surface area contributed by atoms with E-state index < -0.39 is 5.97 Å². The Kier molecular flexibility index (Phi) is 8.42. The Morgan fingerprint density at radius 2 is 1.70 bits per heavy atom. The summed E-state index contributed by atoms with van der Waals surface area (Å²) in [6, 6.07) is 8.97. The van der Waals surface area contributed by atoms with Crippen LogP contribution in [0, 0.1) is 0 Å². The van der Waals surface area contributed by atoms with E-state index >= 15 is 0 Å². The maximum Gasteiger partial charge on any atom is 0.303 e. The molecule has 6 heteroatoms. The summed E-state index contributed by atoms with van der Waals surface area (Å²) in [5, 5.41) is 14.4. The molecule has 0 aromatic heterocycles. The lowest BCUT2D eigenvalue weighted by atomic mass is 10.0. The highest BCUT2D eigenvalue weighted by molar-refractivity contribution is 5.79. The van der Waals surface area contributed by atoms with Crippen LogP contribution >= 0.6 is 0 Å². The van der Waals surface area contributed by atoms with E-state index in [4.69, 9.17) is 5.11 Å². The Bertz CT molecular complexity index is 517. The zero-order valence-electron chi connectivity index (χ0n) is 13.4. The van der Waals surface area contributed by atoms with E-state index in [0.29, 0.717) is 25.8 Å². The molecular formula is C17H24N2O4. The van der Waals surface area contributed by atoms with Gasteiger partial charge in [0, 0.05) is 25.8 Å². The van der Waals surface area contributed by atoms with Crippen molar-refractivity contribution in [2.75, 3.05) is 6.54 Å². The molecule has 0 bridgehead atoms. The van der Waals surface area contributed by atoms with Crippen molar-refractivity contribution in [2.45, 2.75) is 45.1 Å². The van der Waals surface area contributed by atoms with Crippen molar-refractivity contribution >= 4 is 17.8 Å². The number of amides is 2. The zero-order chi connectivity index (χ0) is 17.1. The molecule has 6 nitrogen and oxygen atoms in total. The molecule has 0 spiro atoms. The van der Waals surface area contributed by atoms with Gasteiger partial charge in [-0.15, -0.1) is 0 Å². The van der Waals surface area contributed by atoms with E-state index in [1.54, 1.807) is 0 Å². The van der Waals surface area contributed by atoms with Crippen molar-refractivity contribution in [3.8, 4) is 0 Å². The minimum atomic E-state index is -0.892. The van der Waals surface area contributed by atoms with E-state index in [9.17, 15) is 14.4 Å².